The molecule has 0 radical (unpaired) electrons. The Morgan fingerprint density at radius 2 is 2.12 bits per heavy atom. The quantitative estimate of drug-likeness (QED) is 0.775. The summed E-state index contributed by atoms with van der Waals surface area (Å²) in [5.74, 6) is 2.98. The lowest BCUT2D eigenvalue weighted by atomic mass is 10.2. The molecular formula is C12H13ClO2S. The maximum atomic E-state index is 10.6. The summed E-state index contributed by atoms with van der Waals surface area (Å²) in [5.41, 5.74) is 0.580. The average molecular weight is 257 g/mol. The highest BCUT2D eigenvalue weighted by Gasteiger charge is 2.16. The molecule has 0 N–H and O–H groups in total. The lowest BCUT2D eigenvalue weighted by Crippen LogP contribution is -2.22. The molecule has 1 aromatic carbocycles. The first-order valence-corrected chi connectivity index (χ1v) is 6.82. The summed E-state index contributed by atoms with van der Waals surface area (Å²) in [6, 6.07) is 5.14. The fraction of sp³-hybridized carbons (Fsp3) is 0.417. The maximum Gasteiger partial charge on any atom is 0.150 e. The summed E-state index contributed by atoms with van der Waals surface area (Å²) in [6.07, 6.45) is 3.18. The van der Waals surface area contributed by atoms with Crippen LogP contribution in [0.4, 0.5) is 0 Å². The topological polar surface area (TPSA) is 26.3 Å². The summed E-state index contributed by atoms with van der Waals surface area (Å²) < 4.78 is 5.82. The number of thioether (sulfide) groups is 1. The number of ether oxygens (including phenoxy) is 1. The van der Waals surface area contributed by atoms with Gasteiger partial charge in [-0.3, -0.25) is 4.79 Å². The Morgan fingerprint density at radius 3 is 2.75 bits per heavy atom. The summed E-state index contributed by atoms with van der Waals surface area (Å²) in [7, 11) is 0. The third-order valence-electron chi connectivity index (χ3n) is 2.55. The van der Waals surface area contributed by atoms with E-state index in [-0.39, 0.29) is 6.10 Å². The molecule has 1 aromatic rings. The molecule has 0 unspecified atom stereocenters. The minimum atomic E-state index is 0.265. The van der Waals surface area contributed by atoms with Crippen molar-refractivity contribution in [1.29, 1.82) is 0 Å². The van der Waals surface area contributed by atoms with E-state index in [0.717, 1.165) is 30.6 Å². The first kappa shape index (κ1) is 11.8. The normalized spacial score (nSPS) is 17.1. The Labute approximate surface area is 104 Å². The molecule has 16 heavy (non-hydrogen) atoms. The smallest absolute Gasteiger partial charge is 0.150 e. The van der Waals surface area contributed by atoms with Crippen molar-refractivity contribution in [2.75, 3.05) is 11.5 Å². The number of benzene rings is 1. The standard InChI is InChI=1S/C12H13ClO2S/c13-11-7-9(8-14)1-2-12(11)15-10-3-5-16-6-4-10/h1-2,7-8,10H,3-6H2. The van der Waals surface area contributed by atoms with E-state index in [1.807, 2.05) is 11.8 Å². The van der Waals surface area contributed by atoms with Crippen LogP contribution in [0.3, 0.4) is 0 Å². The summed E-state index contributed by atoms with van der Waals surface area (Å²) >= 11 is 8.00. The van der Waals surface area contributed by atoms with Gasteiger partial charge in [0, 0.05) is 5.56 Å². The van der Waals surface area contributed by atoms with Gasteiger partial charge in [0.2, 0.25) is 0 Å². The predicted octanol–water partition coefficient (Wildman–Crippen LogP) is 3.43. The van der Waals surface area contributed by atoms with Crippen LogP contribution in [0.25, 0.3) is 0 Å². The third-order valence-corrected chi connectivity index (χ3v) is 3.90. The fourth-order valence-corrected chi connectivity index (χ4v) is 2.96. The second kappa shape index (κ2) is 5.60. The highest BCUT2D eigenvalue weighted by atomic mass is 35.5. The summed E-state index contributed by atoms with van der Waals surface area (Å²) in [5, 5.41) is 0.517. The Balaban J connectivity index is 2.05. The lowest BCUT2D eigenvalue weighted by Gasteiger charge is -2.23. The van der Waals surface area contributed by atoms with Gasteiger partial charge in [0.05, 0.1) is 5.02 Å². The van der Waals surface area contributed by atoms with Gasteiger partial charge in [-0.25, -0.2) is 0 Å². The SMILES string of the molecule is O=Cc1ccc(OC2CCSCC2)c(Cl)c1. The van der Waals surface area contributed by atoms with Crippen molar-refractivity contribution in [3.8, 4) is 5.75 Å². The number of carbonyl (C=O) groups excluding carboxylic acids is 1. The second-order valence-electron chi connectivity index (χ2n) is 3.74. The Morgan fingerprint density at radius 1 is 1.38 bits per heavy atom. The van der Waals surface area contributed by atoms with Crippen molar-refractivity contribution in [3.63, 3.8) is 0 Å². The van der Waals surface area contributed by atoms with Crippen molar-refractivity contribution < 1.29 is 9.53 Å². The van der Waals surface area contributed by atoms with Crippen LogP contribution in [-0.4, -0.2) is 23.9 Å². The minimum Gasteiger partial charge on any atom is -0.489 e. The van der Waals surface area contributed by atoms with Crippen LogP contribution in [0.2, 0.25) is 5.02 Å². The zero-order valence-electron chi connectivity index (χ0n) is 8.82. The Bertz CT molecular complexity index is 375. The van der Waals surface area contributed by atoms with Crippen molar-refractivity contribution >= 4 is 29.6 Å². The van der Waals surface area contributed by atoms with E-state index in [4.69, 9.17) is 16.3 Å². The van der Waals surface area contributed by atoms with E-state index >= 15 is 0 Å². The van der Waals surface area contributed by atoms with Crippen molar-refractivity contribution in [1.82, 2.24) is 0 Å². The largest absolute Gasteiger partial charge is 0.489 e. The number of carbonyl (C=O) groups is 1. The zero-order chi connectivity index (χ0) is 11.4. The molecule has 4 heteroatoms. The predicted molar refractivity (Wildman–Crippen MR) is 67.8 cm³/mol. The van der Waals surface area contributed by atoms with Crippen molar-refractivity contribution in [3.05, 3.63) is 28.8 Å². The van der Waals surface area contributed by atoms with Crippen LogP contribution in [0, 0.1) is 0 Å². The van der Waals surface area contributed by atoms with Gasteiger partial charge < -0.3 is 4.74 Å². The van der Waals surface area contributed by atoms with Gasteiger partial charge in [0.1, 0.15) is 18.1 Å². The molecule has 0 amide bonds. The molecule has 0 aromatic heterocycles. The van der Waals surface area contributed by atoms with Crippen LogP contribution in [0.1, 0.15) is 23.2 Å². The molecule has 0 aliphatic carbocycles. The molecule has 1 aliphatic heterocycles. The van der Waals surface area contributed by atoms with Gasteiger partial charge >= 0.3 is 0 Å². The maximum absolute atomic E-state index is 10.6. The van der Waals surface area contributed by atoms with Gasteiger partial charge in [-0.1, -0.05) is 11.6 Å². The van der Waals surface area contributed by atoms with Crippen molar-refractivity contribution in [2.45, 2.75) is 18.9 Å². The lowest BCUT2D eigenvalue weighted by molar-refractivity contribution is 0.112. The molecule has 1 saturated heterocycles. The Kier molecular flexibility index (Phi) is 4.13. The molecule has 0 saturated carbocycles. The van der Waals surface area contributed by atoms with E-state index in [0.29, 0.717) is 16.3 Å². The van der Waals surface area contributed by atoms with Gasteiger partial charge in [0.15, 0.2) is 0 Å². The highest BCUT2D eigenvalue weighted by molar-refractivity contribution is 7.99. The van der Waals surface area contributed by atoms with E-state index in [9.17, 15) is 4.79 Å². The van der Waals surface area contributed by atoms with E-state index in [2.05, 4.69) is 0 Å². The van der Waals surface area contributed by atoms with E-state index in [1.165, 1.54) is 0 Å². The first-order valence-electron chi connectivity index (χ1n) is 5.29. The highest BCUT2D eigenvalue weighted by Crippen LogP contribution is 2.29. The van der Waals surface area contributed by atoms with Gasteiger partial charge in [-0.15, -0.1) is 0 Å². The first-order chi connectivity index (χ1) is 7.79. The molecule has 0 atom stereocenters. The monoisotopic (exact) mass is 256 g/mol. The molecule has 0 spiro atoms. The molecule has 1 fully saturated rings. The fourth-order valence-electron chi connectivity index (χ4n) is 1.66. The van der Waals surface area contributed by atoms with Gasteiger partial charge in [0.25, 0.3) is 0 Å². The summed E-state index contributed by atoms with van der Waals surface area (Å²) in [6.45, 7) is 0. The second-order valence-corrected chi connectivity index (χ2v) is 5.37. The molecular weight excluding hydrogens is 244 g/mol. The molecule has 0 bridgehead atoms. The van der Waals surface area contributed by atoms with Crippen LogP contribution in [0.5, 0.6) is 5.75 Å². The van der Waals surface area contributed by atoms with Crippen LogP contribution in [0.15, 0.2) is 18.2 Å². The molecule has 2 nitrogen and oxygen atoms in total. The van der Waals surface area contributed by atoms with Crippen LogP contribution in [-0.2, 0) is 0 Å². The number of rotatable bonds is 3. The number of hydrogen-bond donors (Lipinski definition) is 0. The summed E-state index contributed by atoms with van der Waals surface area (Å²) in [4.78, 5) is 10.6. The molecule has 86 valence electrons. The number of halogens is 1. The van der Waals surface area contributed by atoms with Crippen molar-refractivity contribution in [2.24, 2.45) is 0 Å². The molecule has 1 heterocycles. The van der Waals surface area contributed by atoms with E-state index < -0.39 is 0 Å². The van der Waals surface area contributed by atoms with Crippen LogP contribution < -0.4 is 4.74 Å². The molecule has 1 aliphatic rings. The molecule has 2 rings (SSSR count). The average Bonchev–Trinajstić information content (AvgIpc) is 2.33. The number of hydrogen-bond acceptors (Lipinski definition) is 3. The third kappa shape index (κ3) is 2.92. The Hall–Kier alpha value is -0.670. The number of aldehydes is 1. The minimum absolute atomic E-state index is 0.265. The van der Waals surface area contributed by atoms with Gasteiger partial charge in [-0.2, -0.15) is 11.8 Å². The zero-order valence-corrected chi connectivity index (χ0v) is 10.4. The van der Waals surface area contributed by atoms with E-state index in [1.54, 1.807) is 18.2 Å². The van der Waals surface area contributed by atoms with Crippen LogP contribution >= 0.6 is 23.4 Å². The van der Waals surface area contributed by atoms with Gasteiger partial charge in [-0.05, 0) is 42.5 Å².